The van der Waals surface area contributed by atoms with Gasteiger partial charge in [0.2, 0.25) is 0 Å². The van der Waals surface area contributed by atoms with Crippen molar-refractivity contribution >= 4 is 6.09 Å². The van der Waals surface area contributed by atoms with Crippen LogP contribution in [0.4, 0.5) is 4.79 Å². The van der Waals surface area contributed by atoms with Gasteiger partial charge in [-0.1, -0.05) is 26.7 Å². The zero-order valence-corrected chi connectivity index (χ0v) is 13.5. The lowest BCUT2D eigenvalue weighted by atomic mass is 9.83. The van der Waals surface area contributed by atoms with Crippen molar-refractivity contribution in [3.63, 3.8) is 0 Å². The molecule has 0 spiro atoms. The quantitative estimate of drug-likeness (QED) is 0.803. The van der Waals surface area contributed by atoms with Crippen LogP contribution in [0.2, 0.25) is 0 Å². The Kier molecular flexibility index (Phi) is 3.83. The summed E-state index contributed by atoms with van der Waals surface area (Å²) in [7, 11) is 0. The molecular formula is C16H29NO3. The van der Waals surface area contributed by atoms with Crippen LogP contribution in [0.5, 0.6) is 0 Å². The third kappa shape index (κ3) is 3.27. The molecule has 1 atom stereocenters. The molecule has 4 nitrogen and oxygen atoms in total. The van der Waals surface area contributed by atoms with E-state index in [0.717, 1.165) is 32.1 Å². The monoisotopic (exact) mass is 283 g/mol. The van der Waals surface area contributed by atoms with Crippen molar-refractivity contribution in [3.8, 4) is 0 Å². The molecule has 1 aliphatic heterocycles. The van der Waals surface area contributed by atoms with Crippen LogP contribution < -0.4 is 0 Å². The van der Waals surface area contributed by atoms with E-state index in [4.69, 9.17) is 4.74 Å². The first-order valence-corrected chi connectivity index (χ1v) is 7.75. The molecule has 4 heteroatoms. The summed E-state index contributed by atoms with van der Waals surface area (Å²) in [4.78, 5) is 14.2. The van der Waals surface area contributed by atoms with Crippen molar-refractivity contribution in [2.75, 3.05) is 6.54 Å². The van der Waals surface area contributed by atoms with Gasteiger partial charge in [0.25, 0.3) is 0 Å². The molecule has 2 rings (SSSR count). The summed E-state index contributed by atoms with van der Waals surface area (Å²) in [6.07, 6.45) is 4.27. The Morgan fingerprint density at radius 1 is 1.25 bits per heavy atom. The minimum absolute atomic E-state index is 0.0416. The maximum Gasteiger partial charge on any atom is 0.410 e. The third-order valence-electron chi connectivity index (χ3n) is 4.44. The fraction of sp³-hybridized carbons (Fsp3) is 0.938. The van der Waals surface area contributed by atoms with Crippen molar-refractivity contribution in [2.45, 2.75) is 84.0 Å². The van der Waals surface area contributed by atoms with Gasteiger partial charge < -0.3 is 14.7 Å². The highest BCUT2D eigenvalue weighted by molar-refractivity contribution is 5.69. The molecule has 2 aliphatic rings. The van der Waals surface area contributed by atoms with Gasteiger partial charge in [0.1, 0.15) is 5.60 Å². The minimum Gasteiger partial charge on any atom is -0.444 e. The predicted molar refractivity (Wildman–Crippen MR) is 78.5 cm³/mol. The molecule has 20 heavy (non-hydrogen) atoms. The molecule has 1 heterocycles. The topological polar surface area (TPSA) is 49.8 Å². The average Bonchev–Trinajstić information content (AvgIpc) is 2.81. The molecule has 0 aromatic carbocycles. The summed E-state index contributed by atoms with van der Waals surface area (Å²) in [5.74, 6) is 0. The smallest absolute Gasteiger partial charge is 0.410 e. The lowest BCUT2D eigenvalue weighted by Gasteiger charge is -2.37. The summed E-state index contributed by atoms with van der Waals surface area (Å²) >= 11 is 0. The van der Waals surface area contributed by atoms with E-state index in [9.17, 15) is 9.90 Å². The Morgan fingerprint density at radius 3 is 2.30 bits per heavy atom. The van der Waals surface area contributed by atoms with Gasteiger partial charge >= 0.3 is 6.09 Å². The lowest BCUT2D eigenvalue weighted by Crippen LogP contribution is -2.51. The highest BCUT2D eigenvalue weighted by Crippen LogP contribution is 2.45. The number of amides is 1. The normalized spacial score (nSPS) is 28.7. The third-order valence-corrected chi connectivity index (χ3v) is 4.44. The molecule has 0 aromatic rings. The van der Waals surface area contributed by atoms with Crippen LogP contribution in [0.3, 0.4) is 0 Å². The van der Waals surface area contributed by atoms with Crippen LogP contribution in [0.1, 0.15) is 66.7 Å². The summed E-state index contributed by atoms with van der Waals surface area (Å²) in [5, 5.41) is 10.9. The number of ether oxygens (including phenoxy) is 1. The zero-order valence-electron chi connectivity index (χ0n) is 13.5. The molecule has 1 saturated heterocycles. The molecule has 1 amide bonds. The number of carbonyl (C=O) groups excluding carboxylic acids is 1. The maximum atomic E-state index is 12.5. The number of carbonyl (C=O) groups is 1. The van der Waals surface area contributed by atoms with Gasteiger partial charge in [-0.3, -0.25) is 0 Å². The molecule has 0 radical (unpaired) electrons. The minimum atomic E-state index is -0.718. The Morgan fingerprint density at radius 2 is 1.80 bits per heavy atom. The van der Waals surface area contributed by atoms with Crippen molar-refractivity contribution in [2.24, 2.45) is 5.41 Å². The second-order valence-corrected chi connectivity index (χ2v) is 8.30. The molecule has 0 aromatic heterocycles. The zero-order chi connectivity index (χ0) is 15.2. The average molecular weight is 283 g/mol. The van der Waals surface area contributed by atoms with E-state index in [-0.39, 0.29) is 17.6 Å². The Balaban J connectivity index is 2.18. The van der Waals surface area contributed by atoms with Crippen molar-refractivity contribution in [1.82, 2.24) is 4.90 Å². The standard InChI is InChI=1S/C16H29NO3/c1-14(2,3)20-13(18)17-11-15(4,5)10-12(17)16(19)8-6-7-9-16/h12,19H,6-11H2,1-5H3/t12-/m0/s1. The number of aliphatic hydroxyl groups is 1. The number of likely N-dealkylation sites (tertiary alicyclic amines) is 1. The summed E-state index contributed by atoms with van der Waals surface area (Å²) in [6.45, 7) is 10.6. The van der Waals surface area contributed by atoms with Crippen LogP contribution in [-0.4, -0.2) is 39.9 Å². The molecular weight excluding hydrogens is 254 g/mol. The van der Waals surface area contributed by atoms with Crippen LogP contribution in [0.15, 0.2) is 0 Å². The molecule has 2 fully saturated rings. The van der Waals surface area contributed by atoms with E-state index in [2.05, 4.69) is 13.8 Å². The second kappa shape index (κ2) is 4.90. The SMILES string of the molecule is CC1(C)C[C@@H](C2(O)CCCC2)N(C(=O)OC(C)(C)C)C1. The van der Waals surface area contributed by atoms with Gasteiger partial charge in [0, 0.05) is 6.54 Å². The fourth-order valence-corrected chi connectivity index (χ4v) is 3.58. The Labute approximate surface area is 122 Å². The van der Waals surface area contributed by atoms with Gasteiger partial charge in [-0.05, 0) is 45.4 Å². The van der Waals surface area contributed by atoms with E-state index in [0.29, 0.717) is 6.54 Å². The number of nitrogens with zero attached hydrogens (tertiary/aromatic N) is 1. The van der Waals surface area contributed by atoms with E-state index in [1.165, 1.54) is 0 Å². The van der Waals surface area contributed by atoms with Gasteiger partial charge in [0.05, 0.1) is 11.6 Å². The largest absolute Gasteiger partial charge is 0.444 e. The van der Waals surface area contributed by atoms with Crippen molar-refractivity contribution in [3.05, 3.63) is 0 Å². The van der Waals surface area contributed by atoms with Crippen molar-refractivity contribution in [1.29, 1.82) is 0 Å². The Bertz CT molecular complexity index is 378. The molecule has 1 aliphatic carbocycles. The van der Waals surface area contributed by atoms with E-state index >= 15 is 0 Å². The van der Waals surface area contributed by atoms with Gasteiger partial charge in [-0.25, -0.2) is 4.79 Å². The number of rotatable bonds is 1. The first-order valence-electron chi connectivity index (χ1n) is 7.75. The fourth-order valence-electron chi connectivity index (χ4n) is 3.58. The maximum absolute atomic E-state index is 12.5. The number of hydrogen-bond acceptors (Lipinski definition) is 3. The first-order chi connectivity index (χ1) is 9.03. The van der Waals surface area contributed by atoms with Crippen LogP contribution in [0.25, 0.3) is 0 Å². The van der Waals surface area contributed by atoms with Gasteiger partial charge in [-0.2, -0.15) is 0 Å². The van der Waals surface area contributed by atoms with Gasteiger partial charge in [0.15, 0.2) is 0 Å². The molecule has 1 N–H and O–H groups in total. The van der Waals surface area contributed by atoms with Crippen molar-refractivity contribution < 1.29 is 14.6 Å². The predicted octanol–water partition coefficient (Wildman–Crippen LogP) is 3.33. The number of hydrogen-bond donors (Lipinski definition) is 1. The van der Waals surface area contributed by atoms with Crippen LogP contribution in [0, 0.1) is 5.41 Å². The summed E-state index contributed by atoms with van der Waals surface area (Å²) in [5.41, 5.74) is -1.17. The highest BCUT2D eigenvalue weighted by Gasteiger charge is 2.52. The molecule has 1 saturated carbocycles. The first kappa shape index (κ1) is 15.6. The molecule has 0 bridgehead atoms. The Hall–Kier alpha value is -0.770. The molecule has 116 valence electrons. The second-order valence-electron chi connectivity index (χ2n) is 8.30. The van der Waals surface area contributed by atoms with E-state index < -0.39 is 11.2 Å². The summed E-state index contributed by atoms with van der Waals surface area (Å²) < 4.78 is 5.53. The molecule has 0 unspecified atom stereocenters. The van der Waals surface area contributed by atoms with Crippen LogP contribution >= 0.6 is 0 Å². The van der Waals surface area contributed by atoms with Gasteiger partial charge in [-0.15, -0.1) is 0 Å². The van der Waals surface area contributed by atoms with Crippen LogP contribution in [-0.2, 0) is 4.74 Å². The lowest BCUT2D eigenvalue weighted by molar-refractivity contribution is -0.0401. The highest BCUT2D eigenvalue weighted by atomic mass is 16.6. The van der Waals surface area contributed by atoms with E-state index in [1.807, 2.05) is 20.8 Å². The summed E-state index contributed by atoms with van der Waals surface area (Å²) in [6, 6.07) is -0.102. The van der Waals surface area contributed by atoms with E-state index in [1.54, 1.807) is 4.90 Å².